The monoisotopic (exact) mass is 304 g/mol. The van der Waals surface area contributed by atoms with Crippen molar-refractivity contribution in [1.82, 2.24) is 9.78 Å². The van der Waals surface area contributed by atoms with Crippen molar-refractivity contribution >= 4 is 11.6 Å². The lowest BCUT2D eigenvalue weighted by Gasteiger charge is -2.11. The summed E-state index contributed by atoms with van der Waals surface area (Å²) in [6, 6.07) is 10.2. The van der Waals surface area contributed by atoms with Crippen LogP contribution in [0.4, 0.5) is 0 Å². The van der Waals surface area contributed by atoms with Gasteiger partial charge in [0, 0.05) is 17.6 Å². The number of hydrogen-bond acceptors (Lipinski definition) is 2. The molecule has 3 nitrogen and oxygen atoms in total. The van der Waals surface area contributed by atoms with Gasteiger partial charge in [-0.3, -0.25) is 4.68 Å². The van der Waals surface area contributed by atoms with Crippen molar-refractivity contribution < 1.29 is 5.11 Å². The summed E-state index contributed by atoms with van der Waals surface area (Å²) in [6.45, 7) is 0. The normalized spacial score (nSPS) is 17.2. The molecule has 1 aromatic carbocycles. The van der Waals surface area contributed by atoms with Crippen LogP contribution in [-0.4, -0.2) is 21.0 Å². The molecule has 1 atom stereocenters. The number of aliphatic hydroxyl groups is 1. The van der Waals surface area contributed by atoms with E-state index in [1.807, 2.05) is 30.3 Å². The molecule has 1 aliphatic carbocycles. The molecular formula is C17H21ClN2O. The van der Waals surface area contributed by atoms with Crippen molar-refractivity contribution in [2.24, 2.45) is 0 Å². The lowest BCUT2D eigenvalue weighted by molar-refractivity contribution is 0.174. The number of hydrogen-bond donors (Lipinski definition) is 1. The van der Waals surface area contributed by atoms with Gasteiger partial charge in [-0.2, -0.15) is 5.10 Å². The predicted octanol–water partition coefficient (Wildman–Crippen LogP) is 3.80. The standard InChI is InChI=1S/C17H21ClN2O/c18-14-7-5-13(6-8-14)11-17(21)12-15-9-10-20(19-15)16-3-1-2-4-16/h5-10,16-17,21H,1-4,11-12H2. The van der Waals surface area contributed by atoms with Gasteiger partial charge in [-0.25, -0.2) is 0 Å². The Labute approximate surface area is 130 Å². The second kappa shape index (κ2) is 6.63. The molecule has 1 aliphatic rings. The minimum absolute atomic E-state index is 0.405. The van der Waals surface area contributed by atoms with Gasteiger partial charge >= 0.3 is 0 Å². The first-order chi connectivity index (χ1) is 10.2. The second-order valence-corrected chi connectivity index (χ2v) is 6.35. The number of rotatable bonds is 5. The summed E-state index contributed by atoms with van der Waals surface area (Å²) in [5.41, 5.74) is 2.07. The number of halogens is 1. The minimum Gasteiger partial charge on any atom is -0.392 e. The van der Waals surface area contributed by atoms with Gasteiger partial charge in [0.15, 0.2) is 0 Å². The van der Waals surface area contributed by atoms with Gasteiger partial charge in [0.1, 0.15) is 0 Å². The molecule has 0 radical (unpaired) electrons. The fraction of sp³-hybridized carbons (Fsp3) is 0.471. The van der Waals surface area contributed by atoms with Gasteiger partial charge in [0.25, 0.3) is 0 Å². The van der Waals surface area contributed by atoms with E-state index in [0.29, 0.717) is 18.9 Å². The van der Waals surface area contributed by atoms with E-state index in [0.717, 1.165) is 16.3 Å². The van der Waals surface area contributed by atoms with Gasteiger partial charge in [-0.1, -0.05) is 36.6 Å². The van der Waals surface area contributed by atoms with Crippen LogP contribution in [0.3, 0.4) is 0 Å². The fourth-order valence-electron chi connectivity index (χ4n) is 3.06. The average Bonchev–Trinajstić information content (AvgIpc) is 3.12. The molecule has 4 heteroatoms. The maximum Gasteiger partial charge on any atom is 0.0650 e. The summed E-state index contributed by atoms with van der Waals surface area (Å²) < 4.78 is 2.08. The van der Waals surface area contributed by atoms with Crippen molar-refractivity contribution in [3.8, 4) is 0 Å². The predicted molar refractivity (Wildman–Crippen MR) is 84.6 cm³/mol. The minimum atomic E-state index is -0.405. The first-order valence-electron chi connectivity index (χ1n) is 7.67. The summed E-state index contributed by atoms with van der Waals surface area (Å²) in [5, 5.41) is 15.6. The summed E-state index contributed by atoms with van der Waals surface area (Å²) in [6.07, 6.45) is 7.95. The van der Waals surface area contributed by atoms with Crippen molar-refractivity contribution in [1.29, 1.82) is 0 Å². The van der Waals surface area contributed by atoms with Crippen LogP contribution in [0.1, 0.15) is 43.0 Å². The van der Waals surface area contributed by atoms with E-state index in [4.69, 9.17) is 11.6 Å². The molecule has 1 aromatic heterocycles. The lowest BCUT2D eigenvalue weighted by Crippen LogP contribution is -2.15. The molecule has 1 unspecified atom stereocenters. The Morgan fingerprint density at radius 3 is 2.57 bits per heavy atom. The Bertz CT molecular complexity index is 573. The third-order valence-corrected chi connectivity index (χ3v) is 4.44. The summed E-state index contributed by atoms with van der Waals surface area (Å²) in [4.78, 5) is 0. The largest absolute Gasteiger partial charge is 0.392 e. The third-order valence-electron chi connectivity index (χ3n) is 4.19. The molecule has 112 valence electrons. The zero-order valence-corrected chi connectivity index (χ0v) is 12.8. The molecule has 0 bridgehead atoms. The lowest BCUT2D eigenvalue weighted by atomic mass is 10.0. The molecule has 21 heavy (non-hydrogen) atoms. The van der Waals surface area contributed by atoms with Crippen LogP contribution in [0.15, 0.2) is 36.5 Å². The van der Waals surface area contributed by atoms with E-state index in [1.54, 1.807) is 0 Å². The van der Waals surface area contributed by atoms with Crippen molar-refractivity contribution in [2.75, 3.05) is 0 Å². The Hall–Kier alpha value is -1.32. The van der Waals surface area contributed by atoms with E-state index >= 15 is 0 Å². The first kappa shape index (κ1) is 14.6. The first-order valence-corrected chi connectivity index (χ1v) is 8.05. The van der Waals surface area contributed by atoms with Gasteiger partial charge in [-0.05, 0) is 43.0 Å². The molecule has 0 saturated heterocycles. The van der Waals surface area contributed by atoms with Gasteiger partial charge < -0.3 is 5.11 Å². The maximum atomic E-state index is 10.2. The highest BCUT2D eigenvalue weighted by Crippen LogP contribution is 2.28. The van der Waals surface area contributed by atoms with Gasteiger partial charge in [-0.15, -0.1) is 0 Å². The molecule has 2 aromatic rings. The Morgan fingerprint density at radius 2 is 1.86 bits per heavy atom. The van der Waals surface area contributed by atoms with E-state index in [1.165, 1.54) is 25.7 Å². The second-order valence-electron chi connectivity index (χ2n) is 5.91. The van der Waals surface area contributed by atoms with Crippen molar-refractivity contribution in [3.63, 3.8) is 0 Å². The van der Waals surface area contributed by atoms with E-state index < -0.39 is 6.10 Å². The summed E-state index contributed by atoms with van der Waals surface area (Å²) >= 11 is 5.87. The van der Waals surface area contributed by atoms with Crippen LogP contribution in [0.25, 0.3) is 0 Å². The van der Waals surface area contributed by atoms with E-state index in [-0.39, 0.29) is 0 Å². The molecule has 1 heterocycles. The van der Waals surface area contributed by atoms with Gasteiger partial charge in [0.2, 0.25) is 0 Å². The van der Waals surface area contributed by atoms with Crippen LogP contribution in [0, 0.1) is 0 Å². The zero-order valence-electron chi connectivity index (χ0n) is 12.1. The smallest absolute Gasteiger partial charge is 0.0650 e. The van der Waals surface area contributed by atoms with Crippen molar-refractivity contribution in [2.45, 2.75) is 50.7 Å². The Kier molecular flexibility index (Phi) is 4.61. The Balaban J connectivity index is 1.56. The Morgan fingerprint density at radius 1 is 1.14 bits per heavy atom. The van der Waals surface area contributed by atoms with Crippen molar-refractivity contribution in [3.05, 3.63) is 52.8 Å². The molecule has 1 fully saturated rings. The molecular weight excluding hydrogens is 284 g/mol. The molecule has 3 rings (SSSR count). The molecule has 1 saturated carbocycles. The number of aliphatic hydroxyl groups excluding tert-OH is 1. The molecule has 0 aliphatic heterocycles. The quantitative estimate of drug-likeness (QED) is 0.912. The van der Waals surface area contributed by atoms with Crippen LogP contribution < -0.4 is 0 Å². The molecule has 0 spiro atoms. The molecule has 1 N–H and O–H groups in total. The summed E-state index contributed by atoms with van der Waals surface area (Å²) in [7, 11) is 0. The number of aromatic nitrogens is 2. The highest BCUT2D eigenvalue weighted by atomic mass is 35.5. The van der Waals surface area contributed by atoms with E-state index in [2.05, 4.69) is 16.0 Å². The zero-order chi connectivity index (χ0) is 14.7. The maximum absolute atomic E-state index is 10.2. The number of nitrogens with zero attached hydrogens (tertiary/aromatic N) is 2. The third kappa shape index (κ3) is 3.86. The van der Waals surface area contributed by atoms with E-state index in [9.17, 15) is 5.11 Å². The SMILES string of the molecule is OC(Cc1ccc(Cl)cc1)Cc1ccn(C2CCCC2)n1. The van der Waals surface area contributed by atoms with Crippen LogP contribution >= 0.6 is 11.6 Å². The number of benzene rings is 1. The summed E-state index contributed by atoms with van der Waals surface area (Å²) in [5.74, 6) is 0. The highest BCUT2D eigenvalue weighted by molar-refractivity contribution is 6.30. The highest BCUT2D eigenvalue weighted by Gasteiger charge is 2.18. The fourth-order valence-corrected chi connectivity index (χ4v) is 3.19. The molecule has 0 amide bonds. The van der Waals surface area contributed by atoms with Crippen LogP contribution in [0.2, 0.25) is 5.02 Å². The van der Waals surface area contributed by atoms with Crippen LogP contribution in [-0.2, 0) is 12.8 Å². The van der Waals surface area contributed by atoms with Gasteiger partial charge in [0.05, 0.1) is 17.8 Å². The van der Waals surface area contributed by atoms with Crippen LogP contribution in [0.5, 0.6) is 0 Å². The topological polar surface area (TPSA) is 38.0 Å². The average molecular weight is 305 g/mol.